The van der Waals surface area contributed by atoms with Crippen molar-refractivity contribution in [3.8, 4) is 0 Å². The average Bonchev–Trinajstić information content (AvgIpc) is 2.34. The molecule has 0 radical (unpaired) electrons. The molecule has 0 saturated heterocycles. The number of esters is 1. The standard InChI is InChI=1S/C11H13Cl2NO4S/c1-3-14(7-11(15)18-2)19(16,17)10-5-8(12)4-9(13)6-10/h4-6H,3,7H2,1-2H3. The Morgan fingerprint density at radius 1 is 1.26 bits per heavy atom. The molecule has 0 aliphatic carbocycles. The van der Waals surface area contributed by atoms with Crippen LogP contribution in [0.2, 0.25) is 10.0 Å². The maximum absolute atomic E-state index is 12.3. The van der Waals surface area contributed by atoms with E-state index in [4.69, 9.17) is 23.2 Å². The van der Waals surface area contributed by atoms with Gasteiger partial charge in [0, 0.05) is 16.6 Å². The summed E-state index contributed by atoms with van der Waals surface area (Å²) in [6, 6.07) is 3.99. The number of hydrogen-bond acceptors (Lipinski definition) is 4. The molecule has 106 valence electrons. The molecular weight excluding hydrogens is 313 g/mol. The van der Waals surface area contributed by atoms with Crippen LogP contribution in [-0.4, -0.2) is 38.9 Å². The Balaban J connectivity index is 3.16. The molecule has 0 aliphatic rings. The minimum atomic E-state index is -3.84. The van der Waals surface area contributed by atoms with Crippen molar-refractivity contribution in [2.24, 2.45) is 0 Å². The van der Waals surface area contributed by atoms with Crippen molar-refractivity contribution in [1.82, 2.24) is 4.31 Å². The predicted octanol–water partition coefficient (Wildman–Crippen LogP) is 2.18. The highest BCUT2D eigenvalue weighted by molar-refractivity contribution is 7.89. The molecule has 1 rings (SSSR count). The van der Waals surface area contributed by atoms with Gasteiger partial charge in [-0.05, 0) is 18.2 Å². The number of likely N-dealkylation sites (N-methyl/N-ethyl adjacent to an activating group) is 1. The van der Waals surface area contributed by atoms with Crippen molar-refractivity contribution in [1.29, 1.82) is 0 Å². The second-order valence-electron chi connectivity index (χ2n) is 3.61. The van der Waals surface area contributed by atoms with Crippen LogP contribution in [0.1, 0.15) is 6.92 Å². The molecule has 0 aromatic heterocycles. The molecule has 1 aromatic carbocycles. The first-order chi connectivity index (χ1) is 8.81. The van der Waals surface area contributed by atoms with Gasteiger partial charge >= 0.3 is 5.97 Å². The summed E-state index contributed by atoms with van der Waals surface area (Å²) in [7, 11) is -2.64. The third kappa shape index (κ3) is 4.07. The van der Waals surface area contributed by atoms with Crippen LogP contribution >= 0.6 is 23.2 Å². The fourth-order valence-corrected chi connectivity index (χ4v) is 3.52. The molecule has 5 nitrogen and oxygen atoms in total. The van der Waals surface area contributed by atoms with Crippen LogP contribution in [0.15, 0.2) is 23.1 Å². The molecule has 0 N–H and O–H groups in total. The summed E-state index contributed by atoms with van der Waals surface area (Å²) < 4.78 is 30.1. The molecule has 0 saturated carbocycles. The van der Waals surface area contributed by atoms with E-state index in [9.17, 15) is 13.2 Å². The lowest BCUT2D eigenvalue weighted by molar-refractivity contribution is -0.140. The number of carbonyl (C=O) groups is 1. The number of carbonyl (C=O) groups excluding carboxylic acids is 1. The van der Waals surface area contributed by atoms with Gasteiger partial charge in [0.1, 0.15) is 6.54 Å². The quantitative estimate of drug-likeness (QED) is 0.778. The molecular formula is C11H13Cl2NO4S. The van der Waals surface area contributed by atoms with Gasteiger partial charge in [-0.3, -0.25) is 4.79 Å². The van der Waals surface area contributed by atoms with Crippen molar-refractivity contribution in [3.63, 3.8) is 0 Å². The number of hydrogen-bond donors (Lipinski definition) is 0. The van der Waals surface area contributed by atoms with Crippen molar-refractivity contribution in [3.05, 3.63) is 28.2 Å². The monoisotopic (exact) mass is 325 g/mol. The lowest BCUT2D eigenvalue weighted by Gasteiger charge is -2.19. The smallest absolute Gasteiger partial charge is 0.321 e. The Kier molecular flexibility index (Phi) is 5.61. The van der Waals surface area contributed by atoms with Crippen LogP contribution in [0.25, 0.3) is 0 Å². The number of benzene rings is 1. The van der Waals surface area contributed by atoms with E-state index in [-0.39, 0.29) is 28.0 Å². The van der Waals surface area contributed by atoms with Crippen LogP contribution in [0.4, 0.5) is 0 Å². The number of sulfonamides is 1. The van der Waals surface area contributed by atoms with Crippen molar-refractivity contribution >= 4 is 39.2 Å². The van der Waals surface area contributed by atoms with Gasteiger partial charge in [0.15, 0.2) is 0 Å². The molecule has 1 aromatic rings. The second-order valence-corrected chi connectivity index (χ2v) is 6.42. The first-order valence-corrected chi connectivity index (χ1v) is 7.54. The maximum atomic E-state index is 12.3. The minimum absolute atomic E-state index is 0.0595. The predicted molar refractivity (Wildman–Crippen MR) is 72.9 cm³/mol. The highest BCUT2D eigenvalue weighted by atomic mass is 35.5. The maximum Gasteiger partial charge on any atom is 0.321 e. The van der Waals surface area contributed by atoms with E-state index in [0.717, 1.165) is 4.31 Å². The third-order valence-electron chi connectivity index (χ3n) is 2.36. The van der Waals surface area contributed by atoms with Gasteiger partial charge in [0.25, 0.3) is 0 Å². The highest BCUT2D eigenvalue weighted by Gasteiger charge is 2.26. The van der Waals surface area contributed by atoms with E-state index in [1.807, 2.05) is 0 Å². The van der Waals surface area contributed by atoms with Gasteiger partial charge in [-0.15, -0.1) is 0 Å². The Hall–Kier alpha value is -0.820. The van der Waals surface area contributed by atoms with Gasteiger partial charge in [-0.1, -0.05) is 30.1 Å². The van der Waals surface area contributed by atoms with Gasteiger partial charge in [0.05, 0.1) is 12.0 Å². The fraction of sp³-hybridized carbons (Fsp3) is 0.364. The highest BCUT2D eigenvalue weighted by Crippen LogP contribution is 2.24. The summed E-state index contributed by atoms with van der Waals surface area (Å²) in [4.78, 5) is 11.2. The number of ether oxygens (including phenoxy) is 1. The SMILES string of the molecule is CCN(CC(=O)OC)S(=O)(=O)c1cc(Cl)cc(Cl)c1. The topological polar surface area (TPSA) is 63.7 Å². The summed E-state index contributed by atoms with van der Waals surface area (Å²) in [6.07, 6.45) is 0. The molecule has 0 amide bonds. The fourth-order valence-electron chi connectivity index (χ4n) is 1.40. The first kappa shape index (κ1) is 16.2. The van der Waals surface area contributed by atoms with Crippen LogP contribution in [0, 0.1) is 0 Å². The summed E-state index contributed by atoms with van der Waals surface area (Å²) >= 11 is 11.6. The van der Waals surface area contributed by atoms with E-state index in [1.165, 1.54) is 25.3 Å². The summed E-state index contributed by atoms with van der Waals surface area (Å²) in [5, 5.41) is 0.417. The Labute approximate surface area is 122 Å². The van der Waals surface area contributed by atoms with Gasteiger partial charge in [-0.2, -0.15) is 4.31 Å². The molecule has 0 spiro atoms. The normalized spacial score (nSPS) is 11.6. The zero-order chi connectivity index (χ0) is 14.6. The molecule has 0 bridgehead atoms. The lowest BCUT2D eigenvalue weighted by Crippen LogP contribution is -2.36. The average molecular weight is 326 g/mol. The van der Waals surface area contributed by atoms with Gasteiger partial charge in [0.2, 0.25) is 10.0 Å². The Morgan fingerprint density at radius 3 is 2.21 bits per heavy atom. The van der Waals surface area contributed by atoms with Crippen LogP contribution < -0.4 is 0 Å². The van der Waals surface area contributed by atoms with E-state index in [1.54, 1.807) is 6.92 Å². The third-order valence-corrected chi connectivity index (χ3v) is 4.69. The molecule has 0 heterocycles. The summed E-state index contributed by atoms with van der Waals surface area (Å²) in [5.74, 6) is -0.640. The van der Waals surface area contributed by atoms with Crippen LogP contribution in [0.3, 0.4) is 0 Å². The Morgan fingerprint density at radius 2 is 1.79 bits per heavy atom. The zero-order valence-corrected chi connectivity index (χ0v) is 12.7. The van der Waals surface area contributed by atoms with Gasteiger partial charge in [-0.25, -0.2) is 8.42 Å². The van der Waals surface area contributed by atoms with E-state index in [0.29, 0.717) is 0 Å². The molecule has 0 atom stereocenters. The van der Waals surface area contributed by atoms with Crippen molar-refractivity contribution < 1.29 is 17.9 Å². The minimum Gasteiger partial charge on any atom is -0.468 e. The summed E-state index contributed by atoms with van der Waals surface area (Å²) in [5.41, 5.74) is 0. The molecule has 8 heteroatoms. The van der Waals surface area contributed by atoms with Crippen molar-refractivity contribution in [2.75, 3.05) is 20.2 Å². The molecule has 0 fully saturated rings. The Bertz CT molecular complexity index is 554. The largest absolute Gasteiger partial charge is 0.468 e. The van der Waals surface area contributed by atoms with Gasteiger partial charge < -0.3 is 4.74 Å². The van der Waals surface area contributed by atoms with Crippen LogP contribution in [0.5, 0.6) is 0 Å². The lowest BCUT2D eigenvalue weighted by atomic mass is 10.4. The molecule has 0 aliphatic heterocycles. The zero-order valence-electron chi connectivity index (χ0n) is 10.4. The second kappa shape index (κ2) is 6.56. The number of halogens is 2. The van der Waals surface area contributed by atoms with E-state index < -0.39 is 16.0 Å². The number of rotatable bonds is 5. The number of nitrogens with zero attached hydrogens (tertiary/aromatic N) is 1. The van der Waals surface area contributed by atoms with Crippen molar-refractivity contribution in [2.45, 2.75) is 11.8 Å². The van der Waals surface area contributed by atoms with E-state index >= 15 is 0 Å². The molecule has 0 unspecified atom stereocenters. The van der Waals surface area contributed by atoms with E-state index in [2.05, 4.69) is 4.74 Å². The summed E-state index contributed by atoms with van der Waals surface area (Å²) in [6.45, 7) is 1.38. The van der Waals surface area contributed by atoms with Crippen LogP contribution in [-0.2, 0) is 19.6 Å². The first-order valence-electron chi connectivity index (χ1n) is 5.34. The molecule has 19 heavy (non-hydrogen) atoms. The number of methoxy groups -OCH3 is 1.